The van der Waals surface area contributed by atoms with Crippen molar-refractivity contribution < 1.29 is 9.53 Å². The number of aryl methyl sites for hydroxylation is 2. The average molecular weight is 462 g/mol. The predicted octanol–water partition coefficient (Wildman–Crippen LogP) is 4.99. The Morgan fingerprint density at radius 1 is 1.16 bits per heavy atom. The Bertz CT molecular complexity index is 947. The molecule has 5 nitrogen and oxygen atoms in total. The third-order valence-corrected chi connectivity index (χ3v) is 7.20. The van der Waals surface area contributed by atoms with Crippen LogP contribution in [0.25, 0.3) is 0 Å². The van der Waals surface area contributed by atoms with Gasteiger partial charge in [0.25, 0.3) is 0 Å². The molecule has 0 atom stereocenters. The highest BCUT2D eigenvalue weighted by Crippen LogP contribution is 2.40. The summed E-state index contributed by atoms with van der Waals surface area (Å²) in [5.74, 6) is 0.346. The second-order valence-electron chi connectivity index (χ2n) is 8.68. The zero-order chi connectivity index (χ0) is 22.1. The zero-order valence-corrected chi connectivity index (χ0v) is 19.8. The van der Waals surface area contributed by atoms with Crippen molar-refractivity contribution in [3.8, 4) is 0 Å². The van der Waals surface area contributed by atoms with Gasteiger partial charge in [-0.2, -0.15) is 0 Å². The summed E-state index contributed by atoms with van der Waals surface area (Å²) in [7, 11) is 1.47. The number of hydrogen-bond donors (Lipinski definition) is 0. The Balaban J connectivity index is 1.39. The molecule has 0 bridgehead atoms. The Kier molecular flexibility index (Phi) is 6.75. The maximum atomic E-state index is 11.7. The molecule has 0 unspecified atom stereocenters. The first-order valence-electron chi connectivity index (χ1n) is 10.8. The summed E-state index contributed by atoms with van der Waals surface area (Å²) in [6, 6.07) is 7.92. The van der Waals surface area contributed by atoms with Crippen molar-refractivity contribution in [2.75, 3.05) is 38.2 Å². The number of piperidine rings is 1. The standard InChI is InChI=1S/C24H29Cl2N3O2/c1-15-11-18(12-28-9-7-17(8-10-28)24(30)31-3)16(2)27-22(15)19-13-29(14-19)23-20(25)5-4-6-21(23)26/h4-6,11,17,19H,7-10,12-14H2,1-3H3. The first-order valence-corrected chi connectivity index (χ1v) is 11.6. The van der Waals surface area contributed by atoms with Crippen LogP contribution in [0.15, 0.2) is 24.3 Å². The van der Waals surface area contributed by atoms with Crippen LogP contribution >= 0.6 is 23.2 Å². The molecule has 0 aliphatic carbocycles. The number of anilines is 1. The van der Waals surface area contributed by atoms with Crippen molar-refractivity contribution in [1.82, 2.24) is 9.88 Å². The van der Waals surface area contributed by atoms with Crippen LogP contribution in [0.5, 0.6) is 0 Å². The van der Waals surface area contributed by atoms with Crippen molar-refractivity contribution in [2.24, 2.45) is 5.92 Å². The summed E-state index contributed by atoms with van der Waals surface area (Å²) in [6.45, 7) is 8.70. The zero-order valence-electron chi connectivity index (χ0n) is 18.3. The van der Waals surface area contributed by atoms with E-state index in [1.165, 1.54) is 23.9 Å². The van der Waals surface area contributed by atoms with E-state index in [0.29, 0.717) is 16.0 Å². The average Bonchev–Trinajstić information content (AvgIpc) is 2.72. The molecule has 0 radical (unpaired) electrons. The van der Waals surface area contributed by atoms with Crippen LogP contribution in [0.1, 0.15) is 41.3 Å². The molecule has 7 heteroatoms. The third kappa shape index (κ3) is 4.69. The van der Waals surface area contributed by atoms with Crippen LogP contribution < -0.4 is 4.90 Å². The van der Waals surface area contributed by atoms with Gasteiger partial charge in [0.05, 0.1) is 34.5 Å². The number of rotatable bonds is 5. The van der Waals surface area contributed by atoms with Gasteiger partial charge in [0.15, 0.2) is 0 Å². The Labute approximate surface area is 194 Å². The summed E-state index contributed by atoms with van der Waals surface area (Å²) in [5.41, 5.74) is 5.68. The topological polar surface area (TPSA) is 45.7 Å². The quantitative estimate of drug-likeness (QED) is 0.586. The lowest BCUT2D eigenvalue weighted by atomic mass is 9.91. The highest BCUT2D eigenvalue weighted by Gasteiger charge is 2.33. The number of nitrogens with zero attached hydrogens (tertiary/aromatic N) is 3. The number of ether oxygens (including phenoxy) is 1. The van der Waals surface area contributed by atoms with Crippen LogP contribution in [-0.2, 0) is 16.1 Å². The summed E-state index contributed by atoms with van der Waals surface area (Å²) >= 11 is 12.7. The van der Waals surface area contributed by atoms with Crippen molar-refractivity contribution in [1.29, 1.82) is 0 Å². The number of methoxy groups -OCH3 is 1. The van der Waals surface area contributed by atoms with Gasteiger partial charge < -0.3 is 9.64 Å². The Hall–Kier alpha value is -1.82. The highest BCUT2D eigenvalue weighted by molar-refractivity contribution is 6.39. The molecule has 0 saturated carbocycles. The maximum Gasteiger partial charge on any atom is 0.308 e. The summed E-state index contributed by atoms with van der Waals surface area (Å²) in [6.07, 6.45) is 1.72. The van der Waals surface area contributed by atoms with Gasteiger partial charge in [-0.1, -0.05) is 35.3 Å². The van der Waals surface area contributed by atoms with E-state index in [9.17, 15) is 4.79 Å². The van der Waals surface area contributed by atoms with Crippen LogP contribution in [0.2, 0.25) is 10.0 Å². The van der Waals surface area contributed by atoms with Crippen molar-refractivity contribution in [2.45, 2.75) is 39.2 Å². The summed E-state index contributed by atoms with van der Waals surface area (Å²) in [5, 5.41) is 1.39. The minimum Gasteiger partial charge on any atom is -0.469 e. The van der Waals surface area contributed by atoms with Crippen LogP contribution in [0.4, 0.5) is 5.69 Å². The first kappa shape index (κ1) is 22.4. The second kappa shape index (κ2) is 9.35. The lowest BCUT2D eigenvalue weighted by molar-refractivity contribution is -0.147. The number of benzene rings is 1. The lowest BCUT2D eigenvalue weighted by Gasteiger charge is -2.42. The van der Waals surface area contributed by atoms with Crippen molar-refractivity contribution in [3.05, 3.63) is 56.8 Å². The number of para-hydroxylation sites is 1. The molecular weight excluding hydrogens is 433 g/mol. The number of halogens is 2. The molecule has 0 N–H and O–H groups in total. The number of hydrogen-bond acceptors (Lipinski definition) is 5. The monoisotopic (exact) mass is 461 g/mol. The van der Waals surface area contributed by atoms with Crippen LogP contribution in [0, 0.1) is 19.8 Å². The molecule has 2 aliphatic heterocycles. The Morgan fingerprint density at radius 3 is 2.42 bits per heavy atom. The molecule has 3 heterocycles. The van der Waals surface area contributed by atoms with Gasteiger partial charge in [0, 0.05) is 31.2 Å². The molecule has 166 valence electrons. The highest BCUT2D eigenvalue weighted by atomic mass is 35.5. The number of carbonyl (C=O) groups is 1. The fourth-order valence-corrected chi connectivity index (χ4v) is 5.35. The van der Waals surface area contributed by atoms with Gasteiger partial charge in [-0.3, -0.25) is 14.7 Å². The van der Waals surface area contributed by atoms with Gasteiger partial charge in [0.1, 0.15) is 0 Å². The van der Waals surface area contributed by atoms with Gasteiger partial charge in [0.2, 0.25) is 0 Å². The van der Waals surface area contributed by atoms with E-state index >= 15 is 0 Å². The van der Waals surface area contributed by atoms with Crippen molar-refractivity contribution >= 4 is 34.9 Å². The van der Waals surface area contributed by atoms with E-state index in [-0.39, 0.29) is 11.9 Å². The Morgan fingerprint density at radius 2 is 1.81 bits per heavy atom. The molecule has 2 fully saturated rings. The van der Waals surface area contributed by atoms with Crippen LogP contribution in [-0.4, -0.2) is 49.1 Å². The summed E-state index contributed by atoms with van der Waals surface area (Å²) < 4.78 is 4.89. The largest absolute Gasteiger partial charge is 0.469 e. The van der Waals surface area contributed by atoms with E-state index in [1.807, 2.05) is 18.2 Å². The first-order chi connectivity index (χ1) is 14.9. The SMILES string of the molecule is COC(=O)C1CCN(Cc2cc(C)c(C3CN(c4c(Cl)cccc4Cl)C3)nc2C)CC1. The number of carbonyl (C=O) groups excluding carboxylic acids is 1. The van der Waals surface area contributed by atoms with E-state index < -0.39 is 0 Å². The molecule has 1 aromatic carbocycles. The maximum absolute atomic E-state index is 11.7. The number of likely N-dealkylation sites (tertiary alicyclic amines) is 1. The molecule has 2 aliphatic rings. The lowest BCUT2D eigenvalue weighted by Crippen LogP contribution is -2.46. The second-order valence-corrected chi connectivity index (χ2v) is 9.50. The van der Waals surface area contributed by atoms with E-state index in [4.69, 9.17) is 32.9 Å². The van der Waals surface area contributed by atoms with Gasteiger partial charge in [-0.15, -0.1) is 0 Å². The normalized spacial score (nSPS) is 18.2. The number of esters is 1. The molecule has 1 aromatic heterocycles. The van der Waals surface area contributed by atoms with E-state index in [0.717, 1.165) is 56.9 Å². The van der Waals surface area contributed by atoms with E-state index in [2.05, 4.69) is 29.7 Å². The molecule has 2 saturated heterocycles. The smallest absolute Gasteiger partial charge is 0.308 e. The summed E-state index contributed by atoms with van der Waals surface area (Å²) in [4.78, 5) is 21.4. The van der Waals surface area contributed by atoms with Gasteiger partial charge in [-0.05, 0) is 63.0 Å². The fraction of sp³-hybridized carbons (Fsp3) is 0.500. The number of aromatic nitrogens is 1. The molecule has 0 amide bonds. The van der Waals surface area contributed by atoms with Gasteiger partial charge in [-0.25, -0.2) is 0 Å². The molecule has 31 heavy (non-hydrogen) atoms. The molecule has 4 rings (SSSR count). The minimum absolute atomic E-state index is 0.0396. The predicted molar refractivity (Wildman–Crippen MR) is 125 cm³/mol. The third-order valence-electron chi connectivity index (χ3n) is 6.59. The fourth-order valence-electron chi connectivity index (χ4n) is 4.71. The van der Waals surface area contributed by atoms with Crippen molar-refractivity contribution in [3.63, 3.8) is 0 Å². The molecule has 2 aromatic rings. The van der Waals surface area contributed by atoms with E-state index in [1.54, 1.807) is 0 Å². The van der Waals surface area contributed by atoms with Crippen LogP contribution in [0.3, 0.4) is 0 Å². The number of pyridine rings is 1. The molecular formula is C24H29Cl2N3O2. The minimum atomic E-state index is -0.0784. The van der Waals surface area contributed by atoms with Gasteiger partial charge >= 0.3 is 5.97 Å². The molecule has 0 spiro atoms.